The summed E-state index contributed by atoms with van der Waals surface area (Å²) >= 11 is 0. The van der Waals surface area contributed by atoms with E-state index >= 15 is 0 Å². The summed E-state index contributed by atoms with van der Waals surface area (Å²) in [5, 5.41) is 7.53. The molecule has 7 aromatic rings. The highest BCUT2D eigenvalue weighted by Crippen LogP contribution is 2.34. The minimum atomic E-state index is 0.732. The van der Waals surface area contributed by atoms with Gasteiger partial charge in [-0.15, -0.1) is 0 Å². The fraction of sp³-hybridized carbons (Fsp3) is 0. The third-order valence-electron chi connectivity index (χ3n) is 6.87. The molecule has 0 saturated carbocycles. The van der Waals surface area contributed by atoms with Gasteiger partial charge in [-0.1, -0.05) is 121 Å². The predicted molar refractivity (Wildman–Crippen MR) is 151 cm³/mol. The van der Waals surface area contributed by atoms with Crippen molar-refractivity contribution in [2.75, 3.05) is 0 Å². The zero-order chi connectivity index (χ0) is 23.9. The van der Waals surface area contributed by atoms with Gasteiger partial charge in [0.25, 0.3) is 0 Å². The molecule has 2 nitrogen and oxygen atoms in total. The van der Waals surface area contributed by atoms with Crippen LogP contribution >= 0.6 is 0 Å². The van der Waals surface area contributed by atoms with Crippen LogP contribution in [0.1, 0.15) is 0 Å². The Morgan fingerprint density at radius 2 is 0.889 bits per heavy atom. The maximum atomic E-state index is 5.03. The van der Waals surface area contributed by atoms with E-state index in [0.717, 1.165) is 33.9 Å². The first-order valence-electron chi connectivity index (χ1n) is 12.2. The molecule has 0 aliphatic rings. The Kier molecular flexibility index (Phi) is 4.82. The molecule has 0 N–H and O–H groups in total. The Balaban J connectivity index is 1.47. The standard InChI is InChI=1S/C34H22N2/c1-3-10-25(11-4-1)32-22-33(36-34(35-32)26-12-5-2-6-13-26)27-16-15-24-18-19-29-28-14-8-7-9-23(28)17-20-30(29)31(24)21-27/h1-22H. The molecule has 2 heteroatoms. The fourth-order valence-electron chi connectivity index (χ4n) is 5.05. The van der Waals surface area contributed by atoms with Gasteiger partial charge in [0.05, 0.1) is 11.4 Å². The lowest BCUT2D eigenvalue weighted by Crippen LogP contribution is -1.95. The molecule has 1 heterocycles. The van der Waals surface area contributed by atoms with E-state index in [1.54, 1.807) is 0 Å². The van der Waals surface area contributed by atoms with Gasteiger partial charge in [0.15, 0.2) is 5.82 Å². The number of nitrogens with zero attached hydrogens (tertiary/aromatic N) is 2. The highest BCUT2D eigenvalue weighted by atomic mass is 14.9. The molecule has 0 aliphatic heterocycles. The summed E-state index contributed by atoms with van der Waals surface area (Å²) in [7, 11) is 0. The van der Waals surface area contributed by atoms with Crippen LogP contribution in [-0.4, -0.2) is 9.97 Å². The van der Waals surface area contributed by atoms with E-state index in [2.05, 4.69) is 97.1 Å². The highest BCUT2D eigenvalue weighted by molar-refractivity contribution is 6.17. The molecule has 0 spiro atoms. The average Bonchev–Trinajstić information content (AvgIpc) is 2.97. The molecule has 0 unspecified atom stereocenters. The van der Waals surface area contributed by atoms with Crippen molar-refractivity contribution in [2.45, 2.75) is 0 Å². The fourth-order valence-corrected chi connectivity index (χ4v) is 5.05. The molecule has 0 atom stereocenters. The molecule has 6 aromatic carbocycles. The lowest BCUT2D eigenvalue weighted by atomic mass is 9.95. The molecule has 0 fully saturated rings. The quantitative estimate of drug-likeness (QED) is 0.247. The van der Waals surface area contributed by atoms with Crippen molar-refractivity contribution < 1.29 is 0 Å². The van der Waals surface area contributed by atoms with Crippen molar-refractivity contribution in [1.82, 2.24) is 9.97 Å². The lowest BCUT2D eigenvalue weighted by molar-refractivity contribution is 1.18. The Hall–Kier alpha value is -4.82. The van der Waals surface area contributed by atoms with Crippen LogP contribution in [0.15, 0.2) is 133 Å². The van der Waals surface area contributed by atoms with Gasteiger partial charge in [-0.2, -0.15) is 0 Å². The molecular formula is C34H22N2. The maximum absolute atomic E-state index is 5.03. The highest BCUT2D eigenvalue weighted by Gasteiger charge is 2.12. The topological polar surface area (TPSA) is 25.8 Å². The summed E-state index contributed by atoms with van der Waals surface area (Å²) in [4.78, 5) is 9.96. The van der Waals surface area contributed by atoms with E-state index < -0.39 is 0 Å². The molecule has 0 bridgehead atoms. The van der Waals surface area contributed by atoms with Crippen LogP contribution in [0.3, 0.4) is 0 Å². The number of hydrogen-bond acceptors (Lipinski definition) is 2. The minimum absolute atomic E-state index is 0.732. The Morgan fingerprint density at radius 3 is 1.64 bits per heavy atom. The van der Waals surface area contributed by atoms with Gasteiger partial charge < -0.3 is 0 Å². The van der Waals surface area contributed by atoms with Crippen molar-refractivity contribution >= 4 is 32.3 Å². The number of rotatable bonds is 3. The van der Waals surface area contributed by atoms with Crippen molar-refractivity contribution in [3.05, 3.63) is 133 Å². The van der Waals surface area contributed by atoms with Gasteiger partial charge in [0.1, 0.15) is 0 Å². The first-order valence-corrected chi connectivity index (χ1v) is 12.2. The van der Waals surface area contributed by atoms with Crippen LogP contribution in [0.5, 0.6) is 0 Å². The average molecular weight is 459 g/mol. The molecule has 36 heavy (non-hydrogen) atoms. The Labute approximate surface area is 209 Å². The predicted octanol–water partition coefficient (Wildman–Crippen LogP) is 8.94. The maximum Gasteiger partial charge on any atom is 0.160 e. The number of hydrogen-bond donors (Lipinski definition) is 0. The zero-order valence-corrected chi connectivity index (χ0v) is 19.6. The van der Waals surface area contributed by atoms with Crippen LogP contribution in [0.4, 0.5) is 0 Å². The van der Waals surface area contributed by atoms with Gasteiger partial charge in [-0.3, -0.25) is 0 Å². The number of aromatic nitrogens is 2. The monoisotopic (exact) mass is 458 g/mol. The summed E-state index contributed by atoms with van der Waals surface area (Å²) in [6, 6.07) is 46.8. The van der Waals surface area contributed by atoms with Crippen LogP contribution < -0.4 is 0 Å². The van der Waals surface area contributed by atoms with E-state index in [9.17, 15) is 0 Å². The SMILES string of the molecule is c1ccc(-c2cc(-c3ccc4ccc5c6ccccc6ccc5c4c3)nc(-c3ccccc3)n2)cc1. The van der Waals surface area contributed by atoms with Crippen molar-refractivity contribution in [2.24, 2.45) is 0 Å². The third-order valence-corrected chi connectivity index (χ3v) is 6.87. The first kappa shape index (κ1) is 20.5. The molecule has 7 rings (SSSR count). The summed E-state index contributed by atoms with van der Waals surface area (Å²) < 4.78 is 0. The zero-order valence-electron chi connectivity index (χ0n) is 19.6. The smallest absolute Gasteiger partial charge is 0.160 e. The molecular weight excluding hydrogens is 436 g/mol. The van der Waals surface area contributed by atoms with Crippen molar-refractivity contribution in [3.63, 3.8) is 0 Å². The Morgan fingerprint density at radius 1 is 0.333 bits per heavy atom. The van der Waals surface area contributed by atoms with Crippen LogP contribution in [-0.2, 0) is 0 Å². The van der Waals surface area contributed by atoms with Gasteiger partial charge >= 0.3 is 0 Å². The van der Waals surface area contributed by atoms with Crippen LogP contribution in [0, 0.1) is 0 Å². The molecule has 0 aliphatic carbocycles. The first-order chi connectivity index (χ1) is 17.8. The van der Waals surface area contributed by atoms with Gasteiger partial charge in [-0.05, 0) is 44.5 Å². The molecule has 0 saturated heterocycles. The van der Waals surface area contributed by atoms with Gasteiger partial charge in [0.2, 0.25) is 0 Å². The van der Waals surface area contributed by atoms with E-state index in [-0.39, 0.29) is 0 Å². The second-order valence-corrected chi connectivity index (χ2v) is 9.08. The number of benzene rings is 6. The number of fused-ring (bicyclic) bond motifs is 5. The molecule has 168 valence electrons. The summed E-state index contributed by atoms with van der Waals surface area (Å²) in [5.74, 6) is 0.732. The van der Waals surface area contributed by atoms with Gasteiger partial charge in [0, 0.05) is 16.7 Å². The van der Waals surface area contributed by atoms with E-state index in [0.29, 0.717) is 0 Å². The Bertz CT molecular complexity index is 1820. The second kappa shape index (κ2) is 8.44. The van der Waals surface area contributed by atoms with Gasteiger partial charge in [-0.25, -0.2) is 9.97 Å². The normalized spacial score (nSPS) is 11.3. The largest absolute Gasteiger partial charge is 0.228 e. The summed E-state index contributed by atoms with van der Waals surface area (Å²) in [6.45, 7) is 0. The molecule has 0 amide bonds. The van der Waals surface area contributed by atoms with Crippen molar-refractivity contribution in [3.8, 4) is 33.9 Å². The second-order valence-electron chi connectivity index (χ2n) is 9.08. The minimum Gasteiger partial charge on any atom is -0.228 e. The molecule has 0 radical (unpaired) electrons. The van der Waals surface area contributed by atoms with E-state index in [1.165, 1.54) is 32.3 Å². The lowest BCUT2D eigenvalue weighted by Gasteiger charge is -2.11. The van der Waals surface area contributed by atoms with E-state index in [4.69, 9.17) is 9.97 Å². The summed E-state index contributed by atoms with van der Waals surface area (Å²) in [5.41, 5.74) is 5.01. The van der Waals surface area contributed by atoms with Crippen molar-refractivity contribution in [1.29, 1.82) is 0 Å². The van der Waals surface area contributed by atoms with Crippen LogP contribution in [0.2, 0.25) is 0 Å². The third kappa shape index (κ3) is 3.52. The van der Waals surface area contributed by atoms with E-state index in [1.807, 2.05) is 36.4 Å². The summed E-state index contributed by atoms with van der Waals surface area (Å²) in [6.07, 6.45) is 0. The molecule has 1 aromatic heterocycles. The van der Waals surface area contributed by atoms with Crippen LogP contribution in [0.25, 0.3) is 66.2 Å².